The van der Waals surface area contributed by atoms with E-state index in [4.69, 9.17) is 9.47 Å². The third kappa shape index (κ3) is 2.08. The highest BCUT2D eigenvalue weighted by Gasteiger charge is 2.18. The molecule has 0 fully saturated rings. The van der Waals surface area contributed by atoms with Crippen LogP contribution in [-0.2, 0) is 24.3 Å². The Hall–Kier alpha value is -1.20. The van der Waals surface area contributed by atoms with Crippen LogP contribution in [0.15, 0.2) is 0 Å². The summed E-state index contributed by atoms with van der Waals surface area (Å²) in [4.78, 5) is 8.78. The van der Waals surface area contributed by atoms with Crippen LogP contribution < -0.4 is 10.1 Å². The predicted molar refractivity (Wildman–Crippen MR) is 54.7 cm³/mol. The number of fused-ring (bicyclic) bond motifs is 1. The van der Waals surface area contributed by atoms with E-state index >= 15 is 0 Å². The molecule has 0 aliphatic carbocycles. The van der Waals surface area contributed by atoms with E-state index in [1.807, 2.05) is 7.05 Å². The average Bonchev–Trinajstić information content (AvgIpc) is 2.28. The van der Waals surface area contributed by atoms with Gasteiger partial charge in [0.2, 0.25) is 5.88 Å². The summed E-state index contributed by atoms with van der Waals surface area (Å²) in [5, 5.41) is 3.02. The number of methoxy groups -OCH3 is 1. The molecule has 0 spiro atoms. The van der Waals surface area contributed by atoms with Crippen LogP contribution in [0, 0.1) is 0 Å². The smallest absolute Gasteiger partial charge is 0.220 e. The van der Waals surface area contributed by atoms with Gasteiger partial charge in [-0.25, -0.2) is 4.98 Å². The van der Waals surface area contributed by atoms with Crippen molar-refractivity contribution in [3.05, 3.63) is 17.1 Å². The van der Waals surface area contributed by atoms with Crippen LogP contribution in [-0.4, -0.2) is 30.7 Å². The molecule has 1 aromatic rings. The molecule has 5 nitrogen and oxygen atoms in total. The summed E-state index contributed by atoms with van der Waals surface area (Å²) in [5.41, 5.74) is 2.04. The van der Waals surface area contributed by atoms with Gasteiger partial charge >= 0.3 is 0 Å². The third-order valence-corrected chi connectivity index (χ3v) is 2.36. The van der Waals surface area contributed by atoms with Crippen molar-refractivity contribution >= 4 is 0 Å². The lowest BCUT2D eigenvalue weighted by Crippen LogP contribution is -2.18. The average molecular weight is 209 g/mol. The molecule has 1 aliphatic heterocycles. The van der Waals surface area contributed by atoms with E-state index in [1.165, 1.54) is 0 Å². The second-order valence-electron chi connectivity index (χ2n) is 3.41. The van der Waals surface area contributed by atoms with Crippen molar-refractivity contribution in [2.75, 3.05) is 20.8 Å². The maximum absolute atomic E-state index is 5.36. The van der Waals surface area contributed by atoms with Crippen molar-refractivity contribution in [1.82, 2.24) is 15.3 Å². The monoisotopic (exact) mass is 209 g/mol. The van der Waals surface area contributed by atoms with Gasteiger partial charge in [0.1, 0.15) is 5.82 Å². The quantitative estimate of drug-likeness (QED) is 0.774. The molecule has 5 heteroatoms. The summed E-state index contributed by atoms with van der Waals surface area (Å²) in [7, 11) is 3.51. The van der Waals surface area contributed by atoms with Gasteiger partial charge in [0.25, 0.3) is 0 Å². The number of nitrogens with one attached hydrogen (secondary N) is 1. The molecule has 0 aromatic carbocycles. The SMILES string of the molecule is CNCc1nc2c(c(OC)n1)CCOC2. The molecule has 0 bridgehead atoms. The van der Waals surface area contributed by atoms with Crippen molar-refractivity contribution in [3.8, 4) is 5.88 Å². The van der Waals surface area contributed by atoms with Gasteiger partial charge in [-0.3, -0.25) is 0 Å². The summed E-state index contributed by atoms with van der Waals surface area (Å²) in [6, 6.07) is 0. The Bertz CT molecular complexity index is 338. The maximum atomic E-state index is 5.36. The van der Waals surface area contributed by atoms with Gasteiger partial charge in [-0.15, -0.1) is 0 Å². The van der Waals surface area contributed by atoms with Crippen molar-refractivity contribution in [1.29, 1.82) is 0 Å². The van der Waals surface area contributed by atoms with E-state index in [0.29, 0.717) is 19.0 Å². The van der Waals surface area contributed by atoms with Crippen LogP contribution in [0.4, 0.5) is 0 Å². The fourth-order valence-corrected chi connectivity index (χ4v) is 1.68. The molecule has 1 N–H and O–H groups in total. The second kappa shape index (κ2) is 4.55. The van der Waals surface area contributed by atoms with Crippen LogP contribution in [0.25, 0.3) is 0 Å². The molecule has 0 radical (unpaired) electrons. The molecule has 0 atom stereocenters. The Labute approximate surface area is 88.8 Å². The molecule has 0 amide bonds. The van der Waals surface area contributed by atoms with Crippen LogP contribution in [0.3, 0.4) is 0 Å². The molecular formula is C10H15N3O2. The number of rotatable bonds is 3. The molecule has 1 aromatic heterocycles. The summed E-state index contributed by atoms with van der Waals surface area (Å²) < 4.78 is 10.6. The lowest BCUT2D eigenvalue weighted by molar-refractivity contribution is 0.105. The molecule has 2 rings (SSSR count). The van der Waals surface area contributed by atoms with Gasteiger partial charge in [0.15, 0.2) is 0 Å². The number of hydrogen-bond acceptors (Lipinski definition) is 5. The molecule has 0 unspecified atom stereocenters. The highest BCUT2D eigenvalue weighted by molar-refractivity contribution is 5.32. The van der Waals surface area contributed by atoms with Crippen molar-refractivity contribution in [3.63, 3.8) is 0 Å². The van der Waals surface area contributed by atoms with Crippen LogP contribution in [0.2, 0.25) is 0 Å². The number of ether oxygens (including phenoxy) is 2. The van der Waals surface area contributed by atoms with Gasteiger partial charge in [0, 0.05) is 12.0 Å². The van der Waals surface area contributed by atoms with Crippen molar-refractivity contribution < 1.29 is 9.47 Å². The maximum Gasteiger partial charge on any atom is 0.220 e. The van der Waals surface area contributed by atoms with E-state index < -0.39 is 0 Å². The standard InChI is InChI=1S/C10H15N3O2/c1-11-5-9-12-8-6-15-4-3-7(8)10(13-9)14-2/h11H,3-6H2,1-2H3. The Balaban J connectivity index is 2.38. The summed E-state index contributed by atoms with van der Waals surface area (Å²) >= 11 is 0. The number of aromatic nitrogens is 2. The third-order valence-electron chi connectivity index (χ3n) is 2.36. The van der Waals surface area contributed by atoms with Gasteiger partial charge in [-0.2, -0.15) is 4.98 Å². The summed E-state index contributed by atoms with van der Waals surface area (Å²) in [6.07, 6.45) is 0.832. The first-order valence-corrected chi connectivity index (χ1v) is 5.00. The summed E-state index contributed by atoms with van der Waals surface area (Å²) in [6.45, 7) is 1.92. The second-order valence-corrected chi connectivity index (χ2v) is 3.41. The van der Waals surface area contributed by atoms with Gasteiger partial charge < -0.3 is 14.8 Å². The summed E-state index contributed by atoms with van der Waals surface area (Å²) in [5.74, 6) is 1.44. The number of nitrogens with zero attached hydrogens (tertiary/aromatic N) is 2. The van der Waals surface area contributed by atoms with Crippen molar-refractivity contribution in [2.45, 2.75) is 19.6 Å². The largest absolute Gasteiger partial charge is 0.481 e. The lowest BCUT2D eigenvalue weighted by Gasteiger charge is -2.18. The van der Waals surface area contributed by atoms with Crippen LogP contribution in [0.5, 0.6) is 5.88 Å². The zero-order chi connectivity index (χ0) is 10.7. The first-order chi connectivity index (χ1) is 7.35. The van der Waals surface area contributed by atoms with Crippen LogP contribution in [0.1, 0.15) is 17.1 Å². The van der Waals surface area contributed by atoms with Gasteiger partial charge in [0.05, 0.1) is 32.6 Å². The molecular weight excluding hydrogens is 194 g/mol. The van der Waals surface area contributed by atoms with Gasteiger partial charge in [-0.1, -0.05) is 0 Å². The normalized spacial score (nSPS) is 14.8. The highest BCUT2D eigenvalue weighted by atomic mass is 16.5. The molecule has 0 saturated carbocycles. The fraction of sp³-hybridized carbons (Fsp3) is 0.600. The molecule has 1 aliphatic rings. The highest BCUT2D eigenvalue weighted by Crippen LogP contribution is 2.23. The van der Waals surface area contributed by atoms with E-state index in [0.717, 1.165) is 30.1 Å². The predicted octanol–water partition coefficient (Wildman–Crippen LogP) is 0.277. The fourth-order valence-electron chi connectivity index (χ4n) is 1.68. The molecule has 82 valence electrons. The van der Waals surface area contributed by atoms with Crippen molar-refractivity contribution in [2.24, 2.45) is 0 Å². The first-order valence-electron chi connectivity index (χ1n) is 5.00. The van der Waals surface area contributed by atoms with E-state index in [2.05, 4.69) is 15.3 Å². The van der Waals surface area contributed by atoms with E-state index in [1.54, 1.807) is 7.11 Å². The Morgan fingerprint density at radius 2 is 2.33 bits per heavy atom. The Morgan fingerprint density at radius 3 is 3.07 bits per heavy atom. The topological polar surface area (TPSA) is 56.3 Å². The Kier molecular flexibility index (Phi) is 3.13. The molecule has 15 heavy (non-hydrogen) atoms. The minimum atomic E-state index is 0.560. The minimum Gasteiger partial charge on any atom is -0.481 e. The zero-order valence-electron chi connectivity index (χ0n) is 9.04. The number of hydrogen-bond donors (Lipinski definition) is 1. The van der Waals surface area contributed by atoms with E-state index in [-0.39, 0.29) is 0 Å². The minimum absolute atomic E-state index is 0.560. The lowest BCUT2D eigenvalue weighted by atomic mass is 10.1. The van der Waals surface area contributed by atoms with Crippen LogP contribution >= 0.6 is 0 Å². The first kappa shape index (κ1) is 10.3. The van der Waals surface area contributed by atoms with E-state index in [9.17, 15) is 0 Å². The Morgan fingerprint density at radius 1 is 1.47 bits per heavy atom. The molecule has 0 saturated heterocycles. The zero-order valence-corrected chi connectivity index (χ0v) is 9.04. The van der Waals surface area contributed by atoms with Gasteiger partial charge in [-0.05, 0) is 7.05 Å². The molecule has 2 heterocycles.